The van der Waals surface area contributed by atoms with Crippen LogP contribution in [0.4, 0.5) is 11.4 Å². The van der Waals surface area contributed by atoms with Gasteiger partial charge in [-0.05, 0) is 37.5 Å². The van der Waals surface area contributed by atoms with E-state index in [0.29, 0.717) is 12.2 Å². The molecule has 6 nitrogen and oxygen atoms in total. The summed E-state index contributed by atoms with van der Waals surface area (Å²) in [5, 5.41) is 0. The Bertz CT molecular complexity index is 628. The highest BCUT2D eigenvalue weighted by Crippen LogP contribution is 2.31. The molecule has 1 aromatic carbocycles. The lowest BCUT2D eigenvalue weighted by Crippen LogP contribution is -2.48. The number of carbonyl (C=O) groups excluding carboxylic acids is 1. The van der Waals surface area contributed by atoms with Crippen LogP contribution in [0.5, 0.6) is 0 Å². The molecule has 1 atom stereocenters. The van der Waals surface area contributed by atoms with Crippen molar-refractivity contribution in [3.8, 4) is 0 Å². The number of anilines is 2. The summed E-state index contributed by atoms with van der Waals surface area (Å²) in [6.07, 6.45) is 2.69. The fourth-order valence-corrected chi connectivity index (χ4v) is 3.23. The molecule has 3 N–H and O–H groups in total. The van der Waals surface area contributed by atoms with Crippen molar-refractivity contribution >= 4 is 27.3 Å². The van der Waals surface area contributed by atoms with Crippen LogP contribution in [0.3, 0.4) is 0 Å². The summed E-state index contributed by atoms with van der Waals surface area (Å²) < 4.78 is 24.8. The van der Waals surface area contributed by atoms with Gasteiger partial charge in [0.2, 0.25) is 15.9 Å². The summed E-state index contributed by atoms with van der Waals surface area (Å²) >= 11 is 0. The molecule has 1 heterocycles. The van der Waals surface area contributed by atoms with Crippen molar-refractivity contribution in [3.63, 3.8) is 0 Å². The zero-order valence-electron chi connectivity index (χ0n) is 11.6. The summed E-state index contributed by atoms with van der Waals surface area (Å²) in [6.45, 7) is 2.12. The molecule has 20 heavy (non-hydrogen) atoms. The Morgan fingerprint density at radius 1 is 1.45 bits per heavy atom. The monoisotopic (exact) mass is 297 g/mol. The van der Waals surface area contributed by atoms with Crippen LogP contribution in [-0.4, -0.2) is 33.2 Å². The Morgan fingerprint density at radius 2 is 2.15 bits per heavy atom. The van der Waals surface area contributed by atoms with E-state index in [2.05, 4.69) is 4.72 Å². The number of carbonyl (C=O) groups is 1. The largest absolute Gasteiger partial charge is 0.398 e. The predicted octanol–water partition coefficient (Wildman–Crippen LogP) is 0.486. The maximum absolute atomic E-state index is 12.4. The molecule has 0 saturated carbocycles. The average molecular weight is 297 g/mol. The van der Waals surface area contributed by atoms with E-state index in [4.69, 9.17) is 5.73 Å². The van der Waals surface area contributed by atoms with Gasteiger partial charge in [-0.3, -0.25) is 4.79 Å². The molecular formula is C13H19N3O3S. The second kappa shape index (κ2) is 5.41. The van der Waals surface area contributed by atoms with Crippen molar-refractivity contribution in [1.82, 2.24) is 4.72 Å². The fourth-order valence-electron chi connectivity index (χ4n) is 2.49. The number of nitrogens with zero attached hydrogens (tertiary/aromatic N) is 1. The Labute approximate surface area is 119 Å². The number of hydrogen-bond donors (Lipinski definition) is 2. The highest BCUT2D eigenvalue weighted by molar-refractivity contribution is 7.88. The van der Waals surface area contributed by atoms with Gasteiger partial charge in [0.1, 0.15) is 0 Å². The minimum atomic E-state index is -3.41. The first-order valence-electron chi connectivity index (χ1n) is 6.45. The molecular weight excluding hydrogens is 278 g/mol. The molecule has 2 rings (SSSR count). The molecule has 0 radical (unpaired) electrons. The zero-order valence-corrected chi connectivity index (χ0v) is 12.4. The van der Waals surface area contributed by atoms with Crippen LogP contribution in [0.2, 0.25) is 0 Å². The topological polar surface area (TPSA) is 92.5 Å². The van der Waals surface area contributed by atoms with Crippen LogP contribution in [0, 0.1) is 0 Å². The van der Waals surface area contributed by atoms with Crippen molar-refractivity contribution in [1.29, 1.82) is 0 Å². The number of benzene rings is 1. The van der Waals surface area contributed by atoms with Gasteiger partial charge in [0.25, 0.3) is 0 Å². The molecule has 0 spiro atoms. The average Bonchev–Trinajstić information content (AvgIpc) is 2.36. The number of hydrogen-bond acceptors (Lipinski definition) is 4. The Kier molecular flexibility index (Phi) is 4.01. The van der Waals surface area contributed by atoms with Crippen LogP contribution >= 0.6 is 0 Å². The summed E-state index contributed by atoms with van der Waals surface area (Å²) in [7, 11) is -3.41. The zero-order chi connectivity index (χ0) is 14.9. The second-order valence-electron chi connectivity index (χ2n) is 5.05. The third-order valence-corrected chi connectivity index (χ3v) is 4.10. The molecule has 1 aliphatic heterocycles. The first kappa shape index (κ1) is 14.8. The van der Waals surface area contributed by atoms with Gasteiger partial charge in [-0.15, -0.1) is 0 Å². The number of nitrogen functional groups attached to an aromatic ring is 1. The highest BCUT2D eigenvalue weighted by atomic mass is 32.2. The third kappa shape index (κ3) is 3.10. The highest BCUT2D eigenvalue weighted by Gasteiger charge is 2.28. The number of rotatable bonds is 3. The molecule has 0 fully saturated rings. The van der Waals surface area contributed by atoms with Crippen LogP contribution in [0.1, 0.15) is 18.9 Å². The van der Waals surface area contributed by atoms with E-state index >= 15 is 0 Å². The Hall–Kier alpha value is -1.60. The molecule has 0 aromatic heterocycles. The minimum Gasteiger partial charge on any atom is -0.398 e. The van der Waals surface area contributed by atoms with Crippen molar-refractivity contribution in [2.24, 2.45) is 0 Å². The SMILES string of the molecule is CC(NS(C)(=O)=O)C(=O)N1CCCc2c(N)cccc21. The molecule has 1 unspecified atom stereocenters. The molecule has 1 aliphatic rings. The van der Waals surface area contributed by atoms with Crippen LogP contribution < -0.4 is 15.4 Å². The minimum absolute atomic E-state index is 0.262. The van der Waals surface area contributed by atoms with Gasteiger partial charge in [-0.1, -0.05) is 6.07 Å². The van der Waals surface area contributed by atoms with Crippen LogP contribution in [-0.2, 0) is 21.2 Å². The van der Waals surface area contributed by atoms with Crippen molar-refractivity contribution in [2.45, 2.75) is 25.8 Å². The molecule has 0 bridgehead atoms. The van der Waals surface area contributed by atoms with E-state index in [9.17, 15) is 13.2 Å². The molecule has 0 saturated heterocycles. The fraction of sp³-hybridized carbons (Fsp3) is 0.462. The summed E-state index contributed by atoms with van der Waals surface area (Å²) in [5.74, 6) is -0.262. The molecule has 1 amide bonds. The quantitative estimate of drug-likeness (QED) is 0.794. The first-order valence-corrected chi connectivity index (χ1v) is 8.35. The van der Waals surface area contributed by atoms with E-state index in [1.54, 1.807) is 17.9 Å². The first-order chi connectivity index (χ1) is 9.29. The van der Waals surface area contributed by atoms with E-state index in [-0.39, 0.29) is 5.91 Å². The molecule has 1 aromatic rings. The number of sulfonamides is 1. The Morgan fingerprint density at radius 3 is 2.80 bits per heavy atom. The lowest BCUT2D eigenvalue weighted by molar-refractivity contribution is -0.119. The van der Waals surface area contributed by atoms with Gasteiger partial charge in [0, 0.05) is 17.9 Å². The number of nitrogens with one attached hydrogen (secondary N) is 1. The molecule has 7 heteroatoms. The van der Waals surface area contributed by atoms with E-state index in [1.165, 1.54) is 0 Å². The number of amides is 1. The second-order valence-corrected chi connectivity index (χ2v) is 6.83. The van der Waals surface area contributed by atoms with Crippen molar-refractivity contribution < 1.29 is 13.2 Å². The van der Waals surface area contributed by atoms with E-state index < -0.39 is 16.1 Å². The summed E-state index contributed by atoms with van der Waals surface area (Å²) in [6, 6.07) is 4.66. The predicted molar refractivity (Wildman–Crippen MR) is 79.0 cm³/mol. The lowest BCUT2D eigenvalue weighted by Gasteiger charge is -2.32. The van der Waals surface area contributed by atoms with Crippen molar-refractivity contribution in [2.75, 3.05) is 23.4 Å². The molecule has 110 valence electrons. The van der Waals surface area contributed by atoms with Gasteiger partial charge >= 0.3 is 0 Å². The van der Waals surface area contributed by atoms with Gasteiger partial charge in [0.05, 0.1) is 12.3 Å². The normalized spacial score (nSPS) is 16.6. The Balaban J connectivity index is 2.27. The van der Waals surface area contributed by atoms with Gasteiger partial charge < -0.3 is 10.6 Å². The summed E-state index contributed by atoms with van der Waals surface area (Å²) in [4.78, 5) is 14.0. The number of nitrogens with two attached hydrogens (primary N) is 1. The van der Waals surface area contributed by atoms with Crippen LogP contribution in [0.25, 0.3) is 0 Å². The van der Waals surface area contributed by atoms with Gasteiger partial charge in [-0.25, -0.2) is 13.1 Å². The molecule has 0 aliphatic carbocycles. The number of fused-ring (bicyclic) bond motifs is 1. The van der Waals surface area contributed by atoms with E-state index in [0.717, 1.165) is 30.3 Å². The van der Waals surface area contributed by atoms with Gasteiger partial charge in [0.15, 0.2) is 0 Å². The maximum Gasteiger partial charge on any atom is 0.244 e. The lowest BCUT2D eigenvalue weighted by atomic mass is 9.99. The smallest absolute Gasteiger partial charge is 0.244 e. The maximum atomic E-state index is 12.4. The van der Waals surface area contributed by atoms with E-state index in [1.807, 2.05) is 12.1 Å². The third-order valence-electron chi connectivity index (χ3n) is 3.31. The summed E-state index contributed by atoms with van der Waals surface area (Å²) in [5.41, 5.74) is 8.34. The standard InChI is InChI=1S/C13H19N3O3S/c1-9(15-20(2,18)19)13(17)16-8-4-5-10-11(14)6-3-7-12(10)16/h3,6-7,9,15H,4-5,8,14H2,1-2H3. The van der Waals surface area contributed by atoms with Crippen LogP contribution in [0.15, 0.2) is 18.2 Å². The van der Waals surface area contributed by atoms with Crippen molar-refractivity contribution in [3.05, 3.63) is 23.8 Å². The van der Waals surface area contributed by atoms with Gasteiger partial charge in [-0.2, -0.15) is 0 Å².